The van der Waals surface area contributed by atoms with E-state index in [1.165, 1.54) is 0 Å². The van der Waals surface area contributed by atoms with Crippen LogP contribution >= 0.6 is 0 Å². The van der Waals surface area contributed by atoms with Crippen molar-refractivity contribution in [3.8, 4) is 0 Å². The summed E-state index contributed by atoms with van der Waals surface area (Å²) in [6.45, 7) is 11.3. The number of ether oxygens (including phenoxy) is 2. The summed E-state index contributed by atoms with van der Waals surface area (Å²) in [6.07, 6.45) is 0. The Morgan fingerprint density at radius 3 is 2.17 bits per heavy atom. The van der Waals surface area contributed by atoms with Crippen molar-refractivity contribution in [2.24, 2.45) is 5.92 Å². The van der Waals surface area contributed by atoms with Gasteiger partial charge in [-0.3, -0.25) is 4.79 Å². The monoisotopic (exact) mass is 259 g/mol. The highest BCUT2D eigenvalue weighted by Gasteiger charge is 2.28. The third-order valence-corrected chi connectivity index (χ3v) is 2.08. The van der Waals surface area contributed by atoms with E-state index in [2.05, 4.69) is 5.32 Å². The lowest BCUT2D eigenvalue weighted by Crippen LogP contribution is -2.48. The summed E-state index contributed by atoms with van der Waals surface area (Å²) in [5.41, 5.74) is -0.561. The molecule has 106 valence electrons. The topological polar surface area (TPSA) is 64.6 Å². The third kappa shape index (κ3) is 7.27. The molecule has 0 saturated heterocycles. The highest BCUT2D eigenvalue weighted by Crippen LogP contribution is 2.12. The summed E-state index contributed by atoms with van der Waals surface area (Å²) in [5, 5.41) is 2.64. The van der Waals surface area contributed by atoms with Gasteiger partial charge in [-0.2, -0.15) is 0 Å². The van der Waals surface area contributed by atoms with Gasteiger partial charge in [0.1, 0.15) is 18.2 Å². The fourth-order valence-electron chi connectivity index (χ4n) is 1.27. The molecule has 18 heavy (non-hydrogen) atoms. The Balaban J connectivity index is 4.48. The average molecular weight is 259 g/mol. The number of hydrogen-bond acceptors (Lipinski definition) is 4. The van der Waals surface area contributed by atoms with E-state index in [1.807, 2.05) is 13.8 Å². The molecule has 0 aliphatic rings. The van der Waals surface area contributed by atoms with Gasteiger partial charge in [0, 0.05) is 6.61 Å². The van der Waals surface area contributed by atoms with Gasteiger partial charge in [0.2, 0.25) is 5.91 Å². The van der Waals surface area contributed by atoms with Gasteiger partial charge in [0.05, 0.1) is 0 Å². The van der Waals surface area contributed by atoms with E-state index in [9.17, 15) is 9.59 Å². The van der Waals surface area contributed by atoms with Crippen molar-refractivity contribution in [1.82, 2.24) is 5.32 Å². The van der Waals surface area contributed by atoms with E-state index in [0.29, 0.717) is 6.61 Å². The maximum absolute atomic E-state index is 11.9. The number of carbonyl (C=O) groups is 2. The van der Waals surface area contributed by atoms with Gasteiger partial charge in [-0.15, -0.1) is 0 Å². The van der Waals surface area contributed by atoms with Crippen LogP contribution in [0.3, 0.4) is 0 Å². The fraction of sp³-hybridized carbons (Fsp3) is 0.846. The molecule has 0 spiro atoms. The van der Waals surface area contributed by atoms with E-state index in [1.54, 1.807) is 27.7 Å². The van der Waals surface area contributed by atoms with E-state index < -0.39 is 17.6 Å². The lowest BCUT2D eigenvalue weighted by Gasteiger charge is -2.26. The van der Waals surface area contributed by atoms with Crippen molar-refractivity contribution in [1.29, 1.82) is 0 Å². The second kappa shape index (κ2) is 7.36. The van der Waals surface area contributed by atoms with E-state index in [0.717, 1.165) is 0 Å². The molecule has 0 unspecified atom stereocenters. The second-order valence-electron chi connectivity index (χ2n) is 5.46. The van der Waals surface area contributed by atoms with E-state index >= 15 is 0 Å². The standard InChI is InChI=1S/C13H25NO4/c1-7-17-8-10(15)14-11(9(2)3)12(16)18-13(4,5)6/h9,11H,7-8H2,1-6H3,(H,14,15)/t11-/m1/s1. The number of hydrogen-bond donors (Lipinski definition) is 1. The lowest BCUT2D eigenvalue weighted by molar-refractivity contribution is -0.160. The van der Waals surface area contributed by atoms with Gasteiger partial charge in [-0.05, 0) is 33.6 Å². The van der Waals surface area contributed by atoms with Crippen molar-refractivity contribution in [3.05, 3.63) is 0 Å². The average Bonchev–Trinajstić information content (AvgIpc) is 2.19. The molecule has 0 fully saturated rings. The van der Waals surface area contributed by atoms with Crippen LogP contribution in [0.5, 0.6) is 0 Å². The van der Waals surface area contributed by atoms with Crippen LogP contribution < -0.4 is 5.32 Å². The molecule has 0 heterocycles. The molecular formula is C13H25NO4. The maximum atomic E-state index is 11.9. The SMILES string of the molecule is CCOCC(=O)N[C@@H](C(=O)OC(C)(C)C)C(C)C. The number of esters is 1. The molecule has 1 N–H and O–H groups in total. The van der Waals surface area contributed by atoms with Gasteiger partial charge < -0.3 is 14.8 Å². The Morgan fingerprint density at radius 1 is 1.22 bits per heavy atom. The van der Waals surface area contributed by atoms with Gasteiger partial charge in [-0.1, -0.05) is 13.8 Å². The minimum absolute atomic E-state index is 0.0366. The molecule has 0 radical (unpaired) electrons. The molecule has 1 atom stereocenters. The van der Waals surface area contributed by atoms with Crippen LogP contribution in [0.15, 0.2) is 0 Å². The van der Waals surface area contributed by atoms with Crippen LogP contribution in [0.2, 0.25) is 0 Å². The summed E-state index contributed by atoms with van der Waals surface area (Å²) in [6, 6.07) is -0.641. The molecule has 0 aliphatic heterocycles. The number of amides is 1. The molecule has 5 nitrogen and oxygen atoms in total. The van der Waals surface area contributed by atoms with E-state index in [-0.39, 0.29) is 18.4 Å². The van der Waals surface area contributed by atoms with Gasteiger partial charge >= 0.3 is 5.97 Å². The fourth-order valence-corrected chi connectivity index (χ4v) is 1.27. The smallest absolute Gasteiger partial charge is 0.329 e. The predicted molar refractivity (Wildman–Crippen MR) is 69.1 cm³/mol. The summed E-state index contributed by atoms with van der Waals surface area (Å²) in [7, 11) is 0. The van der Waals surface area contributed by atoms with Gasteiger partial charge in [0.15, 0.2) is 0 Å². The summed E-state index contributed by atoms with van der Waals surface area (Å²) < 4.78 is 10.3. The molecule has 0 bridgehead atoms. The number of rotatable bonds is 6. The quantitative estimate of drug-likeness (QED) is 0.734. The maximum Gasteiger partial charge on any atom is 0.329 e. The van der Waals surface area contributed by atoms with Crippen molar-refractivity contribution in [2.75, 3.05) is 13.2 Å². The van der Waals surface area contributed by atoms with Crippen LogP contribution in [-0.4, -0.2) is 36.7 Å². The number of carbonyl (C=O) groups excluding carboxylic acids is 2. The Kier molecular flexibility index (Phi) is 6.91. The van der Waals surface area contributed by atoms with Crippen LogP contribution in [0.25, 0.3) is 0 Å². The van der Waals surface area contributed by atoms with E-state index in [4.69, 9.17) is 9.47 Å². The molecule has 0 saturated carbocycles. The normalized spacial score (nSPS) is 13.3. The molecule has 1 amide bonds. The molecule has 0 aromatic rings. The first kappa shape index (κ1) is 16.9. The molecule has 0 aliphatic carbocycles. The molecular weight excluding hydrogens is 234 g/mol. The Labute approximate surface area is 109 Å². The van der Waals surface area contributed by atoms with Crippen molar-refractivity contribution in [3.63, 3.8) is 0 Å². The Morgan fingerprint density at radius 2 is 1.78 bits per heavy atom. The zero-order valence-electron chi connectivity index (χ0n) is 12.2. The van der Waals surface area contributed by atoms with Crippen molar-refractivity contribution >= 4 is 11.9 Å². The zero-order chi connectivity index (χ0) is 14.3. The third-order valence-electron chi connectivity index (χ3n) is 2.08. The first-order chi connectivity index (χ1) is 8.17. The summed E-state index contributed by atoms with van der Waals surface area (Å²) >= 11 is 0. The second-order valence-corrected chi connectivity index (χ2v) is 5.46. The highest BCUT2D eigenvalue weighted by atomic mass is 16.6. The molecule has 0 aromatic heterocycles. The van der Waals surface area contributed by atoms with Crippen LogP contribution in [0, 0.1) is 5.92 Å². The molecule has 0 rings (SSSR count). The minimum Gasteiger partial charge on any atom is -0.458 e. The Hall–Kier alpha value is -1.10. The minimum atomic E-state index is -0.641. The predicted octanol–water partition coefficient (Wildman–Crippen LogP) is 1.51. The number of nitrogens with one attached hydrogen (secondary N) is 1. The van der Waals surface area contributed by atoms with Crippen LogP contribution in [0.4, 0.5) is 0 Å². The first-order valence-electron chi connectivity index (χ1n) is 6.27. The Bertz CT molecular complexity index is 281. The summed E-state index contributed by atoms with van der Waals surface area (Å²) in [4.78, 5) is 23.5. The van der Waals surface area contributed by atoms with Gasteiger partial charge in [0.25, 0.3) is 0 Å². The largest absolute Gasteiger partial charge is 0.458 e. The molecule has 0 aromatic carbocycles. The van der Waals surface area contributed by atoms with Crippen LogP contribution in [0.1, 0.15) is 41.5 Å². The highest BCUT2D eigenvalue weighted by molar-refractivity contribution is 5.85. The van der Waals surface area contributed by atoms with Gasteiger partial charge in [-0.25, -0.2) is 4.79 Å². The van der Waals surface area contributed by atoms with Crippen molar-refractivity contribution < 1.29 is 19.1 Å². The lowest BCUT2D eigenvalue weighted by atomic mass is 10.0. The molecule has 5 heteroatoms. The van der Waals surface area contributed by atoms with Crippen LogP contribution in [-0.2, 0) is 19.1 Å². The van der Waals surface area contributed by atoms with Crippen molar-refractivity contribution in [2.45, 2.75) is 53.2 Å². The summed E-state index contributed by atoms with van der Waals surface area (Å²) in [5.74, 6) is -0.755. The zero-order valence-corrected chi connectivity index (χ0v) is 12.2. The first-order valence-corrected chi connectivity index (χ1v) is 6.27.